The molecule has 0 atom stereocenters. The highest BCUT2D eigenvalue weighted by atomic mass is 32.1. The van der Waals surface area contributed by atoms with Crippen LogP contribution in [0.1, 0.15) is 22.7 Å². The number of nitrogens with one attached hydrogen (secondary N) is 1. The summed E-state index contributed by atoms with van der Waals surface area (Å²) in [6, 6.07) is 7.47. The molecule has 1 aromatic carbocycles. The van der Waals surface area contributed by atoms with Crippen LogP contribution in [0.3, 0.4) is 0 Å². The van der Waals surface area contributed by atoms with Gasteiger partial charge in [-0.1, -0.05) is 12.1 Å². The van der Waals surface area contributed by atoms with E-state index in [1.807, 2.05) is 18.2 Å². The van der Waals surface area contributed by atoms with Crippen molar-refractivity contribution in [1.82, 2.24) is 14.9 Å². The van der Waals surface area contributed by atoms with Crippen LogP contribution in [0, 0.1) is 0 Å². The fraction of sp³-hybridized carbons (Fsp3) is 0.400. The van der Waals surface area contributed by atoms with Crippen LogP contribution in [0.15, 0.2) is 29.1 Å². The van der Waals surface area contributed by atoms with E-state index < -0.39 is 0 Å². The monoisotopic (exact) mass is 382 g/mol. The van der Waals surface area contributed by atoms with Crippen LogP contribution in [0.25, 0.3) is 10.2 Å². The summed E-state index contributed by atoms with van der Waals surface area (Å²) in [5.74, 6) is 1.08. The maximum absolute atomic E-state index is 12.6. The molecular formula is C20H22N4O2S. The molecule has 2 N–H and O–H groups in total. The first-order valence-electron chi connectivity index (χ1n) is 9.48. The Balaban J connectivity index is 1.31. The number of anilines is 1. The van der Waals surface area contributed by atoms with Crippen LogP contribution >= 0.6 is 11.3 Å². The van der Waals surface area contributed by atoms with Gasteiger partial charge < -0.3 is 15.0 Å². The van der Waals surface area contributed by atoms with Crippen molar-refractivity contribution >= 4 is 27.2 Å². The van der Waals surface area contributed by atoms with Crippen molar-refractivity contribution in [3.05, 3.63) is 50.9 Å². The minimum absolute atomic E-state index is 0.0160. The zero-order chi connectivity index (χ0) is 18.4. The third-order valence-electron chi connectivity index (χ3n) is 5.59. The first kappa shape index (κ1) is 16.8. The van der Waals surface area contributed by atoms with Gasteiger partial charge >= 0.3 is 0 Å². The normalized spacial score (nSPS) is 17.6. The molecule has 5 rings (SSSR count). The molecule has 140 valence electrons. The fourth-order valence-electron chi connectivity index (χ4n) is 4.21. The second-order valence-electron chi connectivity index (χ2n) is 7.30. The molecule has 1 aliphatic carbocycles. The number of aromatic amines is 1. The van der Waals surface area contributed by atoms with Gasteiger partial charge in [-0.2, -0.15) is 0 Å². The van der Waals surface area contributed by atoms with E-state index >= 15 is 0 Å². The molecule has 2 aromatic heterocycles. The van der Waals surface area contributed by atoms with Gasteiger partial charge in [-0.05, 0) is 37.0 Å². The van der Waals surface area contributed by atoms with E-state index in [-0.39, 0.29) is 5.56 Å². The molecule has 6 nitrogen and oxygen atoms in total. The zero-order valence-electron chi connectivity index (χ0n) is 15.1. The molecule has 27 heavy (non-hydrogen) atoms. The number of benzene rings is 1. The van der Waals surface area contributed by atoms with Crippen molar-refractivity contribution in [2.24, 2.45) is 0 Å². The second-order valence-corrected chi connectivity index (χ2v) is 8.39. The number of piperazine rings is 1. The van der Waals surface area contributed by atoms with E-state index in [1.54, 1.807) is 17.4 Å². The van der Waals surface area contributed by atoms with Gasteiger partial charge in [0.25, 0.3) is 5.56 Å². The van der Waals surface area contributed by atoms with Crippen molar-refractivity contribution in [2.45, 2.75) is 25.8 Å². The number of phenols is 1. The standard InChI is InChI=1S/C20H22N4O2S/c25-15-6-2-1-5-14(15)24-10-8-23(9-11-24)12-17-21-19(26)18-13-4-3-7-16(13)27-20(18)22-17/h1-2,5-6,25H,3-4,7-12H2,(H,21,22,26). The summed E-state index contributed by atoms with van der Waals surface area (Å²) in [5, 5.41) is 10.9. The first-order valence-corrected chi connectivity index (χ1v) is 10.3. The average molecular weight is 382 g/mol. The number of rotatable bonds is 3. The lowest BCUT2D eigenvalue weighted by molar-refractivity contribution is 0.243. The number of aryl methyl sites for hydroxylation is 2. The van der Waals surface area contributed by atoms with Crippen LogP contribution in [0.5, 0.6) is 5.75 Å². The summed E-state index contributed by atoms with van der Waals surface area (Å²) in [5.41, 5.74) is 2.13. The molecule has 1 aliphatic heterocycles. The number of nitrogens with zero attached hydrogens (tertiary/aromatic N) is 3. The lowest BCUT2D eigenvalue weighted by Crippen LogP contribution is -2.46. The van der Waals surface area contributed by atoms with E-state index in [0.29, 0.717) is 12.3 Å². The second kappa shape index (κ2) is 6.65. The van der Waals surface area contributed by atoms with Crippen molar-refractivity contribution in [3.63, 3.8) is 0 Å². The maximum Gasteiger partial charge on any atom is 0.259 e. The number of phenolic OH excluding ortho intramolecular Hbond substituents is 1. The highest BCUT2D eigenvalue weighted by molar-refractivity contribution is 7.18. The predicted molar refractivity (Wildman–Crippen MR) is 108 cm³/mol. The number of aromatic hydroxyl groups is 1. The van der Waals surface area contributed by atoms with Crippen LogP contribution in [0.4, 0.5) is 5.69 Å². The number of fused-ring (bicyclic) bond motifs is 3. The Kier molecular flexibility index (Phi) is 4.13. The minimum Gasteiger partial charge on any atom is -0.506 e. The van der Waals surface area contributed by atoms with Crippen molar-refractivity contribution < 1.29 is 5.11 Å². The Morgan fingerprint density at radius 2 is 1.96 bits per heavy atom. The maximum atomic E-state index is 12.6. The summed E-state index contributed by atoms with van der Waals surface area (Å²) >= 11 is 1.69. The molecule has 0 saturated carbocycles. The average Bonchev–Trinajstić information content (AvgIpc) is 3.23. The molecule has 0 unspecified atom stereocenters. The van der Waals surface area contributed by atoms with Gasteiger partial charge in [0, 0.05) is 31.1 Å². The SMILES string of the molecule is O=c1[nH]c(CN2CCN(c3ccccc3O)CC2)nc2sc3c(c12)CCC3. The lowest BCUT2D eigenvalue weighted by Gasteiger charge is -2.36. The molecule has 0 amide bonds. The molecule has 0 spiro atoms. The number of para-hydroxylation sites is 2. The van der Waals surface area contributed by atoms with E-state index in [1.165, 1.54) is 10.4 Å². The third-order valence-corrected chi connectivity index (χ3v) is 6.78. The molecule has 3 aromatic rings. The molecule has 0 radical (unpaired) electrons. The number of hydrogen-bond donors (Lipinski definition) is 2. The van der Waals surface area contributed by atoms with Crippen molar-refractivity contribution in [1.29, 1.82) is 0 Å². The van der Waals surface area contributed by atoms with E-state index in [0.717, 1.165) is 67.2 Å². The molecule has 0 bridgehead atoms. The van der Waals surface area contributed by atoms with Gasteiger partial charge in [-0.3, -0.25) is 9.69 Å². The number of thiophene rings is 1. The molecule has 7 heteroatoms. The van der Waals surface area contributed by atoms with Crippen molar-refractivity contribution in [3.8, 4) is 5.75 Å². The van der Waals surface area contributed by atoms with Gasteiger partial charge in [-0.15, -0.1) is 11.3 Å². The summed E-state index contributed by atoms with van der Waals surface area (Å²) in [4.78, 5) is 27.1. The summed E-state index contributed by atoms with van der Waals surface area (Å²) in [7, 11) is 0. The Bertz CT molecular complexity index is 1050. The molecule has 3 heterocycles. The number of aromatic nitrogens is 2. The number of hydrogen-bond acceptors (Lipinski definition) is 6. The Labute approximate surface area is 161 Å². The van der Waals surface area contributed by atoms with Crippen LogP contribution in [-0.2, 0) is 19.4 Å². The largest absolute Gasteiger partial charge is 0.506 e. The summed E-state index contributed by atoms with van der Waals surface area (Å²) < 4.78 is 0. The number of H-pyrrole nitrogens is 1. The Morgan fingerprint density at radius 1 is 1.15 bits per heavy atom. The zero-order valence-corrected chi connectivity index (χ0v) is 15.9. The quantitative estimate of drug-likeness (QED) is 0.728. The van der Waals surface area contributed by atoms with Crippen molar-refractivity contribution in [2.75, 3.05) is 31.1 Å². The van der Waals surface area contributed by atoms with Gasteiger partial charge in [0.1, 0.15) is 16.4 Å². The Morgan fingerprint density at radius 3 is 2.78 bits per heavy atom. The van der Waals surface area contributed by atoms with Crippen LogP contribution in [0.2, 0.25) is 0 Å². The molecule has 1 fully saturated rings. The minimum atomic E-state index is 0.0160. The van der Waals surface area contributed by atoms with E-state index in [2.05, 4.69) is 14.8 Å². The smallest absolute Gasteiger partial charge is 0.259 e. The molecule has 2 aliphatic rings. The fourth-order valence-corrected chi connectivity index (χ4v) is 5.49. The van der Waals surface area contributed by atoms with Crippen LogP contribution in [-0.4, -0.2) is 46.2 Å². The summed E-state index contributed by atoms with van der Waals surface area (Å²) in [6.45, 7) is 4.09. The molecular weight excluding hydrogens is 360 g/mol. The van der Waals surface area contributed by atoms with Gasteiger partial charge in [0.2, 0.25) is 0 Å². The highest BCUT2D eigenvalue weighted by Gasteiger charge is 2.23. The summed E-state index contributed by atoms with van der Waals surface area (Å²) in [6.07, 6.45) is 3.24. The van der Waals surface area contributed by atoms with E-state index in [9.17, 15) is 9.90 Å². The predicted octanol–water partition coefficient (Wildman–Crippen LogP) is 2.50. The lowest BCUT2D eigenvalue weighted by atomic mass is 10.2. The van der Waals surface area contributed by atoms with Crippen LogP contribution < -0.4 is 10.5 Å². The highest BCUT2D eigenvalue weighted by Crippen LogP contribution is 2.34. The van der Waals surface area contributed by atoms with E-state index in [4.69, 9.17) is 4.98 Å². The van der Waals surface area contributed by atoms with Gasteiger partial charge in [0.15, 0.2) is 0 Å². The van der Waals surface area contributed by atoms with Gasteiger partial charge in [-0.25, -0.2) is 4.98 Å². The first-order chi connectivity index (χ1) is 13.2. The van der Waals surface area contributed by atoms with Gasteiger partial charge in [0.05, 0.1) is 17.6 Å². The Hall–Kier alpha value is -2.38. The topological polar surface area (TPSA) is 72.5 Å². The molecule has 1 saturated heterocycles. The third kappa shape index (κ3) is 3.00.